The first-order chi connectivity index (χ1) is 11.9. The van der Waals surface area contributed by atoms with Crippen molar-refractivity contribution in [2.45, 2.75) is 31.1 Å². The van der Waals surface area contributed by atoms with Crippen LogP contribution in [0, 0.1) is 11.8 Å². The third-order valence-corrected chi connectivity index (χ3v) is 6.04. The summed E-state index contributed by atoms with van der Waals surface area (Å²) in [5, 5.41) is 0. The number of Topliss-reactive ketones (excluding diaryl/α,β-unsaturated/α-hetero) is 1. The van der Waals surface area contributed by atoms with Crippen LogP contribution in [0.5, 0.6) is 0 Å². The van der Waals surface area contributed by atoms with Crippen molar-refractivity contribution < 1.29 is 23.9 Å². The van der Waals surface area contributed by atoms with Gasteiger partial charge in [0.15, 0.2) is 11.5 Å². The summed E-state index contributed by atoms with van der Waals surface area (Å²) in [7, 11) is 0. The van der Waals surface area contributed by atoms with Crippen molar-refractivity contribution in [2.75, 3.05) is 11.4 Å². The minimum absolute atomic E-state index is 0.385. The van der Waals surface area contributed by atoms with Gasteiger partial charge in [-0.3, -0.25) is 19.2 Å². The maximum atomic E-state index is 13.2. The molecule has 4 atom stereocenters. The zero-order chi connectivity index (χ0) is 17.6. The van der Waals surface area contributed by atoms with Gasteiger partial charge in [0.2, 0.25) is 17.4 Å². The number of hydrogen-bond acceptors (Lipinski definition) is 5. The van der Waals surface area contributed by atoms with Crippen LogP contribution in [0.1, 0.15) is 19.8 Å². The molecule has 128 valence electrons. The molecule has 1 aromatic carbocycles. The van der Waals surface area contributed by atoms with Gasteiger partial charge in [0.25, 0.3) is 5.91 Å². The van der Waals surface area contributed by atoms with Crippen LogP contribution in [0.3, 0.4) is 0 Å². The Morgan fingerprint density at radius 2 is 1.80 bits per heavy atom. The van der Waals surface area contributed by atoms with Crippen LogP contribution in [-0.2, 0) is 23.9 Å². The van der Waals surface area contributed by atoms with E-state index < -0.39 is 40.8 Å². The number of carbonyl (C=O) groups is 4. The summed E-state index contributed by atoms with van der Waals surface area (Å²) in [6.45, 7) is 1.71. The number of carbonyl (C=O) groups excluding carboxylic acids is 4. The molecule has 1 aromatic rings. The Labute approximate surface area is 143 Å². The van der Waals surface area contributed by atoms with Crippen molar-refractivity contribution in [1.82, 2.24) is 4.90 Å². The Morgan fingerprint density at radius 3 is 2.48 bits per heavy atom. The number of ketones is 1. The smallest absolute Gasteiger partial charge is 0.265 e. The monoisotopic (exact) mass is 340 g/mol. The molecule has 2 bridgehead atoms. The van der Waals surface area contributed by atoms with Crippen molar-refractivity contribution in [3.63, 3.8) is 0 Å². The first-order valence-corrected chi connectivity index (χ1v) is 8.41. The zero-order valence-electron chi connectivity index (χ0n) is 13.6. The highest BCUT2D eigenvalue weighted by Gasteiger charge is 2.84. The second-order valence-corrected chi connectivity index (χ2v) is 7.10. The van der Waals surface area contributed by atoms with E-state index in [4.69, 9.17) is 4.74 Å². The highest BCUT2D eigenvalue weighted by molar-refractivity contribution is 6.28. The van der Waals surface area contributed by atoms with E-state index in [1.165, 1.54) is 11.8 Å². The van der Waals surface area contributed by atoms with Crippen molar-refractivity contribution in [3.8, 4) is 0 Å². The number of ether oxygens (including phenoxy) is 1. The van der Waals surface area contributed by atoms with E-state index >= 15 is 0 Å². The molecule has 4 saturated heterocycles. The Bertz CT molecular complexity index is 852. The van der Waals surface area contributed by atoms with Gasteiger partial charge < -0.3 is 9.64 Å². The lowest BCUT2D eigenvalue weighted by Crippen LogP contribution is -2.59. The summed E-state index contributed by atoms with van der Waals surface area (Å²) in [4.78, 5) is 54.3. The number of hydrogen-bond donors (Lipinski definition) is 0. The molecule has 1 spiro atoms. The summed E-state index contributed by atoms with van der Waals surface area (Å²) in [6, 6.07) is 8.61. The van der Waals surface area contributed by atoms with Gasteiger partial charge in [0.1, 0.15) is 11.8 Å². The number of imide groups is 1. The second kappa shape index (κ2) is 4.35. The van der Waals surface area contributed by atoms with Crippen molar-refractivity contribution in [3.05, 3.63) is 30.3 Å². The van der Waals surface area contributed by atoms with E-state index in [0.29, 0.717) is 25.1 Å². The summed E-state index contributed by atoms with van der Waals surface area (Å²) >= 11 is 0. The summed E-state index contributed by atoms with van der Waals surface area (Å²) in [6.07, 6.45) is 1.16. The summed E-state index contributed by atoms with van der Waals surface area (Å²) in [5.74, 6) is -3.76. The maximum absolute atomic E-state index is 13.2. The lowest BCUT2D eigenvalue weighted by molar-refractivity contribution is -0.155. The Kier molecular flexibility index (Phi) is 2.57. The number of anilines is 1. The molecular weight excluding hydrogens is 324 g/mol. The molecule has 4 unspecified atom stereocenters. The molecule has 0 saturated carbocycles. The van der Waals surface area contributed by atoms with Gasteiger partial charge in [-0.1, -0.05) is 18.2 Å². The van der Waals surface area contributed by atoms with E-state index in [-0.39, 0.29) is 5.91 Å². The average molecular weight is 340 g/mol. The number of fused-ring (bicyclic) bond motifs is 3. The molecule has 0 radical (unpaired) electrons. The first-order valence-electron chi connectivity index (χ1n) is 8.41. The van der Waals surface area contributed by atoms with E-state index in [1.807, 2.05) is 0 Å². The minimum Gasteiger partial charge on any atom is -0.330 e. The molecular formula is C18H16N2O5. The topological polar surface area (TPSA) is 84.0 Å². The van der Waals surface area contributed by atoms with Crippen molar-refractivity contribution in [2.24, 2.45) is 11.8 Å². The molecule has 0 N–H and O–H groups in total. The molecule has 4 aliphatic heterocycles. The largest absolute Gasteiger partial charge is 0.330 e. The fraction of sp³-hybridized carbons (Fsp3) is 0.444. The minimum atomic E-state index is -1.85. The normalized spacial score (nSPS) is 38.5. The standard InChI is InChI=1S/C18H16N2O5/c1-10(21)18-13-12(17(25-18)8-5-9-19(17)16(18)24)14(22)20(15(13)23)11-6-3-2-4-7-11/h2-4,6-7,12-13H,5,8-9H2,1H3. The fourth-order valence-corrected chi connectivity index (χ4v) is 5.11. The van der Waals surface area contributed by atoms with E-state index in [1.54, 1.807) is 30.3 Å². The molecule has 5 rings (SSSR count). The molecule has 7 heteroatoms. The SMILES string of the molecule is CC(=O)C12OC3(CCCN3C1=O)C1C(=O)N(c3ccccc3)C(=O)C12. The van der Waals surface area contributed by atoms with Crippen LogP contribution in [-0.4, -0.2) is 46.3 Å². The van der Waals surface area contributed by atoms with E-state index in [2.05, 4.69) is 0 Å². The predicted octanol–water partition coefficient (Wildman–Crippen LogP) is 0.482. The van der Waals surface area contributed by atoms with E-state index in [0.717, 1.165) is 4.90 Å². The van der Waals surface area contributed by atoms with Gasteiger partial charge in [0, 0.05) is 6.54 Å². The fourth-order valence-electron chi connectivity index (χ4n) is 5.11. The number of amides is 3. The molecule has 0 aromatic heterocycles. The lowest BCUT2D eigenvalue weighted by Gasteiger charge is -2.35. The maximum Gasteiger partial charge on any atom is 0.265 e. The number of para-hydroxylation sites is 1. The molecule has 25 heavy (non-hydrogen) atoms. The molecule has 4 heterocycles. The van der Waals surface area contributed by atoms with Gasteiger partial charge in [-0.2, -0.15) is 0 Å². The number of rotatable bonds is 2. The number of piperidine rings is 1. The van der Waals surface area contributed by atoms with Crippen molar-refractivity contribution in [1.29, 1.82) is 0 Å². The Hall–Kier alpha value is -2.54. The molecule has 4 fully saturated rings. The molecule has 0 aliphatic carbocycles. The van der Waals surface area contributed by atoms with Gasteiger partial charge >= 0.3 is 0 Å². The van der Waals surface area contributed by atoms with Crippen LogP contribution in [0.4, 0.5) is 5.69 Å². The molecule has 4 aliphatic rings. The van der Waals surface area contributed by atoms with Crippen LogP contribution in [0.2, 0.25) is 0 Å². The van der Waals surface area contributed by atoms with Gasteiger partial charge in [-0.25, -0.2) is 4.90 Å². The Balaban J connectivity index is 1.71. The van der Waals surface area contributed by atoms with Crippen molar-refractivity contribution >= 4 is 29.2 Å². The second-order valence-electron chi connectivity index (χ2n) is 7.10. The highest BCUT2D eigenvalue weighted by atomic mass is 16.6. The van der Waals surface area contributed by atoms with Crippen LogP contribution in [0.15, 0.2) is 30.3 Å². The van der Waals surface area contributed by atoms with Gasteiger partial charge in [0.05, 0.1) is 5.69 Å². The summed E-state index contributed by atoms with van der Waals surface area (Å²) in [5.41, 5.74) is -2.54. The first kappa shape index (κ1) is 14.8. The number of benzene rings is 1. The van der Waals surface area contributed by atoms with Crippen LogP contribution in [0.25, 0.3) is 0 Å². The Morgan fingerprint density at radius 1 is 1.12 bits per heavy atom. The molecule has 7 nitrogen and oxygen atoms in total. The van der Waals surface area contributed by atoms with E-state index in [9.17, 15) is 19.2 Å². The summed E-state index contributed by atoms with van der Waals surface area (Å²) < 4.78 is 6.00. The predicted molar refractivity (Wildman–Crippen MR) is 84.1 cm³/mol. The average Bonchev–Trinajstić information content (AvgIpc) is 3.27. The van der Waals surface area contributed by atoms with Gasteiger partial charge in [-0.05, 0) is 31.9 Å². The quantitative estimate of drug-likeness (QED) is 0.578. The van der Waals surface area contributed by atoms with Crippen LogP contribution >= 0.6 is 0 Å². The zero-order valence-corrected chi connectivity index (χ0v) is 13.6. The van der Waals surface area contributed by atoms with Gasteiger partial charge in [-0.15, -0.1) is 0 Å². The lowest BCUT2D eigenvalue weighted by atomic mass is 9.73. The highest BCUT2D eigenvalue weighted by Crippen LogP contribution is 2.63. The third-order valence-electron chi connectivity index (χ3n) is 6.04. The number of nitrogens with zero attached hydrogens (tertiary/aromatic N) is 2. The molecule has 3 amide bonds. The van der Waals surface area contributed by atoms with Crippen LogP contribution < -0.4 is 4.90 Å². The third kappa shape index (κ3) is 1.39.